The first-order valence-electron chi connectivity index (χ1n) is 9.31. The zero-order valence-electron chi connectivity index (χ0n) is 15.5. The molecule has 1 aromatic rings. The summed E-state index contributed by atoms with van der Waals surface area (Å²) in [5.74, 6) is -0.794. The number of nitrogens with zero attached hydrogens (tertiary/aromatic N) is 2. The SMILES string of the molecule is CC(=O)N1N=C(C2=CC(F)CC=C2F)SC12c1ccccc1NCC2CCN. The van der Waals surface area contributed by atoms with Crippen LogP contribution < -0.4 is 11.1 Å². The molecule has 3 atom stereocenters. The summed E-state index contributed by atoms with van der Waals surface area (Å²) in [6.45, 7) is 2.50. The van der Waals surface area contributed by atoms with Crippen LogP contribution in [0.1, 0.15) is 25.3 Å². The van der Waals surface area contributed by atoms with Crippen LogP contribution in [0.15, 0.2) is 52.9 Å². The number of allylic oxidation sites excluding steroid dienone is 3. The molecule has 4 rings (SSSR count). The molecule has 1 spiro atoms. The molecule has 0 aromatic heterocycles. The highest BCUT2D eigenvalue weighted by molar-refractivity contribution is 8.15. The molecule has 1 aromatic carbocycles. The summed E-state index contributed by atoms with van der Waals surface area (Å²) >= 11 is 1.32. The van der Waals surface area contributed by atoms with Gasteiger partial charge in [-0.2, -0.15) is 5.10 Å². The van der Waals surface area contributed by atoms with Crippen molar-refractivity contribution >= 4 is 28.4 Å². The van der Waals surface area contributed by atoms with Gasteiger partial charge in [0.15, 0.2) is 0 Å². The number of hydrogen-bond acceptors (Lipinski definition) is 5. The number of carbonyl (C=O) groups excluding carboxylic acids is 1. The van der Waals surface area contributed by atoms with Gasteiger partial charge in [-0.15, -0.1) is 0 Å². The van der Waals surface area contributed by atoms with E-state index in [0.29, 0.717) is 24.6 Å². The van der Waals surface area contributed by atoms with Crippen molar-refractivity contribution in [3.8, 4) is 0 Å². The second-order valence-corrected chi connectivity index (χ2v) is 8.33. The van der Waals surface area contributed by atoms with Crippen molar-refractivity contribution in [2.75, 3.05) is 18.4 Å². The third kappa shape index (κ3) is 2.95. The minimum Gasteiger partial charge on any atom is -0.384 e. The van der Waals surface area contributed by atoms with Crippen molar-refractivity contribution in [2.45, 2.75) is 30.8 Å². The van der Waals surface area contributed by atoms with Crippen molar-refractivity contribution in [2.24, 2.45) is 16.8 Å². The predicted octanol–water partition coefficient (Wildman–Crippen LogP) is 3.66. The van der Waals surface area contributed by atoms with Gasteiger partial charge < -0.3 is 11.1 Å². The fraction of sp³-hybridized carbons (Fsp3) is 0.400. The van der Waals surface area contributed by atoms with Gasteiger partial charge in [0.05, 0.1) is 0 Å². The van der Waals surface area contributed by atoms with Gasteiger partial charge in [0.1, 0.15) is 21.9 Å². The molecule has 0 saturated heterocycles. The summed E-state index contributed by atoms with van der Waals surface area (Å²) in [5.41, 5.74) is 7.79. The molecule has 3 aliphatic rings. The lowest BCUT2D eigenvalue weighted by Gasteiger charge is -2.46. The number of fused-ring (bicyclic) bond motifs is 2. The van der Waals surface area contributed by atoms with Crippen LogP contribution in [0.4, 0.5) is 14.5 Å². The van der Waals surface area contributed by atoms with Gasteiger partial charge in [0.25, 0.3) is 0 Å². The molecule has 28 heavy (non-hydrogen) atoms. The fourth-order valence-electron chi connectivity index (χ4n) is 4.08. The van der Waals surface area contributed by atoms with E-state index >= 15 is 0 Å². The lowest BCUT2D eigenvalue weighted by molar-refractivity contribution is -0.133. The van der Waals surface area contributed by atoms with Crippen LogP contribution in [0, 0.1) is 5.92 Å². The largest absolute Gasteiger partial charge is 0.384 e. The predicted molar refractivity (Wildman–Crippen MR) is 108 cm³/mol. The van der Waals surface area contributed by atoms with Crippen molar-refractivity contribution in [3.05, 3.63) is 53.4 Å². The molecule has 0 radical (unpaired) electrons. The Balaban J connectivity index is 1.85. The number of thioether (sulfide) groups is 1. The number of anilines is 1. The van der Waals surface area contributed by atoms with Crippen molar-refractivity contribution in [1.82, 2.24) is 5.01 Å². The summed E-state index contributed by atoms with van der Waals surface area (Å²) in [4.78, 5) is 11.8. The smallest absolute Gasteiger partial charge is 0.241 e. The molecule has 8 heteroatoms. The average molecular weight is 404 g/mol. The molecule has 0 fully saturated rings. The standard InChI is InChI=1S/C20H22F2N4OS/c1-12(27)26-20(28-19(25-26)15-10-14(21)6-7-17(15)22)13(8-9-23)11-24-18-5-3-2-4-16(18)20/h2-5,7,10,13-14,24H,6,8-9,11,23H2,1H3. The zero-order chi connectivity index (χ0) is 19.9. The van der Waals surface area contributed by atoms with Gasteiger partial charge in [-0.05, 0) is 31.2 Å². The number of hydrogen-bond donors (Lipinski definition) is 2. The molecule has 2 heterocycles. The van der Waals surface area contributed by atoms with Gasteiger partial charge in [-0.1, -0.05) is 30.0 Å². The number of rotatable bonds is 3. The lowest BCUT2D eigenvalue weighted by Crippen LogP contribution is -2.51. The van der Waals surface area contributed by atoms with Gasteiger partial charge >= 0.3 is 0 Å². The number of carbonyl (C=O) groups is 1. The molecule has 2 aliphatic heterocycles. The van der Waals surface area contributed by atoms with E-state index in [4.69, 9.17) is 5.73 Å². The van der Waals surface area contributed by atoms with Crippen molar-refractivity contribution in [1.29, 1.82) is 0 Å². The van der Waals surface area contributed by atoms with E-state index in [0.717, 1.165) is 11.3 Å². The fourth-order valence-corrected chi connectivity index (χ4v) is 5.69. The highest BCUT2D eigenvalue weighted by atomic mass is 32.2. The maximum Gasteiger partial charge on any atom is 0.241 e. The summed E-state index contributed by atoms with van der Waals surface area (Å²) in [6.07, 6.45) is 1.89. The Morgan fingerprint density at radius 1 is 1.46 bits per heavy atom. The summed E-state index contributed by atoms with van der Waals surface area (Å²) in [7, 11) is 0. The maximum atomic E-state index is 14.5. The Labute approximate surface area is 166 Å². The first-order valence-corrected chi connectivity index (χ1v) is 10.1. The molecule has 1 amide bonds. The Kier molecular flexibility index (Phi) is 5.01. The summed E-state index contributed by atoms with van der Waals surface area (Å²) < 4.78 is 28.4. The van der Waals surface area contributed by atoms with Crippen LogP contribution in [-0.2, 0) is 9.67 Å². The Morgan fingerprint density at radius 3 is 3.00 bits per heavy atom. The number of para-hydroxylation sites is 1. The van der Waals surface area contributed by atoms with E-state index in [1.54, 1.807) is 0 Å². The zero-order valence-corrected chi connectivity index (χ0v) is 16.3. The average Bonchev–Trinajstić information content (AvgIpc) is 3.08. The molecule has 0 bridgehead atoms. The minimum absolute atomic E-state index is 0.0113. The molecular weight excluding hydrogens is 382 g/mol. The van der Waals surface area contributed by atoms with Gasteiger partial charge in [0.2, 0.25) is 5.91 Å². The van der Waals surface area contributed by atoms with E-state index in [9.17, 15) is 13.6 Å². The number of nitrogens with one attached hydrogen (secondary N) is 1. The minimum atomic E-state index is -1.26. The second kappa shape index (κ2) is 7.33. The summed E-state index contributed by atoms with van der Waals surface area (Å²) in [6, 6.07) is 7.72. The molecule has 0 saturated carbocycles. The number of amides is 1. The normalized spacial score (nSPS) is 29.0. The molecule has 3 N–H and O–H groups in total. The van der Waals surface area contributed by atoms with E-state index in [1.807, 2.05) is 24.3 Å². The first-order chi connectivity index (χ1) is 13.5. The highest BCUT2D eigenvalue weighted by Gasteiger charge is 2.55. The van der Waals surface area contributed by atoms with Crippen LogP contribution in [0.3, 0.4) is 0 Å². The van der Waals surface area contributed by atoms with E-state index in [2.05, 4.69) is 10.4 Å². The molecule has 148 valence electrons. The lowest BCUT2D eigenvalue weighted by atomic mass is 9.84. The molecule has 5 nitrogen and oxygen atoms in total. The monoisotopic (exact) mass is 404 g/mol. The number of halogens is 2. The van der Waals surface area contributed by atoms with Gasteiger partial charge in [-0.25, -0.2) is 13.8 Å². The highest BCUT2D eigenvalue weighted by Crippen LogP contribution is 2.57. The maximum absolute atomic E-state index is 14.5. The number of benzene rings is 1. The Bertz CT molecular complexity index is 900. The van der Waals surface area contributed by atoms with E-state index in [1.165, 1.54) is 35.8 Å². The van der Waals surface area contributed by atoms with Crippen LogP contribution in [0.2, 0.25) is 0 Å². The second-order valence-electron chi connectivity index (χ2n) is 7.12. The third-order valence-corrected chi connectivity index (χ3v) is 6.87. The van der Waals surface area contributed by atoms with E-state index < -0.39 is 16.9 Å². The third-order valence-electron chi connectivity index (χ3n) is 5.33. The van der Waals surface area contributed by atoms with Crippen molar-refractivity contribution in [3.63, 3.8) is 0 Å². The number of nitrogens with two attached hydrogens (primary N) is 1. The van der Waals surface area contributed by atoms with Crippen LogP contribution in [0.5, 0.6) is 0 Å². The van der Waals surface area contributed by atoms with Gasteiger partial charge in [0, 0.05) is 42.6 Å². The topological polar surface area (TPSA) is 70.7 Å². The number of alkyl halides is 1. The Hall–Kier alpha value is -2.19. The van der Waals surface area contributed by atoms with Gasteiger partial charge in [-0.3, -0.25) is 4.79 Å². The molecule has 1 aliphatic carbocycles. The van der Waals surface area contributed by atoms with Crippen LogP contribution >= 0.6 is 11.8 Å². The van der Waals surface area contributed by atoms with Crippen LogP contribution in [-0.4, -0.2) is 35.2 Å². The van der Waals surface area contributed by atoms with Crippen LogP contribution in [0.25, 0.3) is 0 Å². The molecule has 3 unspecified atom stereocenters. The quantitative estimate of drug-likeness (QED) is 0.807. The number of hydrazone groups is 1. The van der Waals surface area contributed by atoms with E-state index in [-0.39, 0.29) is 23.8 Å². The van der Waals surface area contributed by atoms with Crippen molar-refractivity contribution < 1.29 is 13.6 Å². The molecular formula is C20H22F2N4OS. The first kappa shape index (κ1) is 19.1. The Morgan fingerprint density at radius 2 is 2.25 bits per heavy atom. The summed E-state index contributed by atoms with van der Waals surface area (Å²) in [5, 5.41) is 9.64.